The highest BCUT2D eigenvalue weighted by molar-refractivity contribution is 5.91. The average molecular weight is 527 g/mol. The Bertz CT molecular complexity index is 1520. The van der Waals surface area contributed by atoms with Gasteiger partial charge in [0.1, 0.15) is 17.2 Å². The molecule has 0 aromatic heterocycles. The Labute approximate surface area is 227 Å². The summed E-state index contributed by atoms with van der Waals surface area (Å²) in [6.45, 7) is 6.25. The molecule has 39 heavy (non-hydrogen) atoms. The van der Waals surface area contributed by atoms with Gasteiger partial charge in [0.25, 0.3) is 0 Å². The summed E-state index contributed by atoms with van der Waals surface area (Å²) >= 11 is 0. The van der Waals surface area contributed by atoms with Gasteiger partial charge in [-0.3, -0.25) is 4.90 Å². The van der Waals surface area contributed by atoms with E-state index >= 15 is 0 Å². The van der Waals surface area contributed by atoms with E-state index in [-0.39, 0.29) is 12.3 Å². The van der Waals surface area contributed by atoms with E-state index in [0.29, 0.717) is 11.5 Å². The van der Waals surface area contributed by atoms with Crippen molar-refractivity contribution in [3.8, 4) is 28.4 Å². The second kappa shape index (κ2) is 10.2. The fourth-order valence-electron chi connectivity index (χ4n) is 5.26. The predicted octanol–water partition coefficient (Wildman–Crippen LogP) is 6.20. The standard InChI is InChI=1S/C31H30N2O6/c1-19-17-31(2,3)32-23-13-12-22-27-24(36-5)10-7-11-25(27)39-29(28(22)26(19)23)20-8-6-9-21(16-20)38-30(35)33(4)18-37-15-14-34/h6-13,15-17,29,32H,18H2,1-5H3. The fraction of sp³-hybridized carbons (Fsp3) is 0.258. The van der Waals surface area contributed by atoms with Gasteiger partial charge in [0.15, 0.2) is 25.0 Å². The van der Waals surface area contributed by atoms with Crippen LogP contribution < -0.4 is 19.5 Å². The molecule has 3 aromatic carbocycles. The Morgan fingerprint density at radius 3 is 2.72 bits per heavy atom. The van der Waals surface area contributed by atoms with Gasteiger partial charge in [-0.1, -0.05) is 30.3 Å². The van der Waals surface area contributed by atoms with E-state index in [1.165, 1.54) is 17.9 Å². The number of hydrogen-bond donors (Lipinski definition) is 1. The van der Waals surface area contributed by atoms with Crippen molar-refractivity contribution in [2.75, 3.05) is 26.2 Å². The van der Waals surface area contributed by atoms with Crippen LogP contribution in [0.25, 0.3) is 16.7 Å². The van der Waals surface area contributed by atoms with Gasteiger partial charge in [-0.25, -0.2) is 9.59 Å². The molecule has 0 bridgehead atoms. The first-order valence-electron chi connectivity index (χ1n) is 12.5. The lowest BCUT2D eigenvalue weighted by Crippen LogP contribution is -2.32. The molecule has 1 unspecified atom stereocenters. The number of anilines is 1. The highest BCUT2D eigenvalue weighted by Gasteiger charge is 2.36. The Hall–Kier alpha value is -4.68. The number of rotatable bonds is 6. The summed E-state index contributed by atoms with van der Waals surface area (Å²) in [4.78, 5) is 24.1. The van der Waals surface area contributed by atoms with Crippen LogP contribution in [0.4, 0.5) is 10.5 Å². The molecule has 0 radical (unpaired) electrons. The third kappa shape index (κ3) is 4.94. The van der Waals surface area contributed by atoms with Gasteiger partial charge in [-0.2, -0.15) is 0 Å². The molecule has 2 heterocycles. The third-order valence-electron chi connectivity index (χ3n) is 6.74. The summed E-state index contributed by atoms with van der Waals surface area (Å²) in [5.74, 6) is 3.30. The summed E-state index contributed by atoms with van der Waals surface area (Å²) < 4.78 is 22.9. The number of ether oxygens (including phenoxy) is 4. The van der Waals surface area contributed by atoms with Crippen LogP contribution in [0.15, 0.2) is 66.9 Å². The molecule has 8 heteroatoms. The maximum absolute atomic E-state index is 12.6. The molecule has 0 saturated carbocycles. The molecule has 1 atom stereocenters. The average Bonchev–Trinajstić information content (AvgIpc) is 2.91. The summed E-state index contributed by atoms with van der Waals surface area (Å²) in [6, 6.07) is 17.3. The van der Waals surface area contributed by atoms with Crippen molar-refractivity contribution >= 4 is 23.3 Å². The van der Waals surface area contributed by atoms with Gasteiger partial charge in [-0.15, -0.1) is 0 Å². The summed E-state index contributed by atoms with van der Waals surface area (Å²) in [5.41, 5.74) is 6.81. The number of methoxy groups -OCH3 is 1. The van der Waals surface area contributed by atoms with Crippen molar-refractivity contribution in [3.05, 3.63) is 83.6 Å². The number of nitrogens with one attached hydrogen (secondary N) is 1. The number of nitrogens with zero attached hydrogens (tertiary/aromatic N) is 1. The minimum absolute atomic E-state index is 0.146. The first kappa shape index (κ1) is 25.9. The van der Waals surface area contributed by atoms with Crippen molar-refractivity contribution in [1.29, 1.82) is 0 Å². The molecule has 2 aliphatic rings. The monoisotopic (exact) mass is 526 g/mol. The Morgan fingerprint density at radius 2 is 1.95 bits per heavy atom. The van der Waals surface area contributed by atoms with E-state index in [1.54, 1.807) is 19.2 Å². The molecule has 2 aliphatic heterocycles. The molecule has 0 saturated heterocycles. The predicted molar refractivity (Wildman–Crippen MR) is 149 cm³/mol. The molecular weight excluding hydrogens is 496 g/mol. The van der Waals surface area contributed by atoms with Crippen LogP contribution in [0.2, 0.25) is 0 Å². The number of amides is 1. The van der Waals surface area contributed by atoms with E-state index in [1.807, 2.05) is 30.3 Å². The quantitative estimate of drug-likeness (QED) is 0.232. The lowest BCUT2D eigenvalue weighted by atomic mass is 9.80. The Kier molecular flexibility index (Phi) is 6.81. The van der Waals surface area contributed by atoms with Gasteiger partial charge in [0, 0.05) is 29.4 Å². The van der Waals surface area contributed by atoms with Gasteiger partial charge in [-0.05, 0) is 62.2 Å². The van der Waals surface area contributed by atoms with Crippen molar-refractivity contribution in [2.24, 2.45) is 0 Å². The third-order valence-corrected chi connectivity index (χ3v) is 6.74. The van der Waals surface area contributed by atoms with Gasteiger partial charge in [0.05, 0.1) is 18.2 Å². The lowest BCUT2D eigenvalue weighted by molar-refractivity contribution is 0.0994. The first-order valence-corrected chi connectivity index (χ1v) is 12.5. The van der Waals surface area contributed by atoms with Gasteiger partial charge >= 0.3 is 6.09 Å². The minimum Gasteiger partial charge on any atom is -0.496 e. The fourth-order valence-corrected chi connectivity index (χ4v) is 5.26. The Morgan fingerprint density at radius 1 is 1.15 bits per heavy atom. The van der Waals surface area contributed by atoms with E-state index in [9.17, 15) is 9.59 Å². The summed E-state index contributed by atoms with van der Waals surface area (Å²) in [7, 11) is 3.16. The number of benzene rings is 3. The van der Waals surface area contributed by atoms with Crippen LogP contribution in [0.3, 0.4) is 0 Å². The van der Waals surface area contributed by atoms with Crippen LogP contribution in [0, 0.1) is 0 Å². The molecule has 1 N–H and O–H groups in total. The van der Waals surface area contributed by atoms with Crippen molar-refractivity contribution in [2.45, 2.75) is 32.4 Å². The summed E-state index contributed by atoms with van der Waals surface area (Å²) in [6.07, 6.45) is 1.97. The van der Waals surface area contributed by atoms with Crippen molar-refractivity contribution < 1.29 is 28.5 Å². The summed E-state index contributed by atoms with van der Waals surface area (Å²) in [5, 5.41) is 3.64. The highest BCUT2D eigenvalue weighted by atomic mass is 16.6. The molecule has 200 valence electrons. The second-order valence-corrected chi connectivity index (χ2v) is 10.1. The maximum atomic E-state index is 12.6. The molecule has 0 spiro atoms. The normalized spacial score (nSPS) is 16.0. The van der Waals surface area contributed by atoms with E-state index in [2.05, 4.69) is 44.3 Å². The van der Waals surface area contributed by atoms with Crippen LogP contribution in [0.1, 0.15) is 43.6 Å². The maximum Gasteiger partial charge on any atom is 0.417 e. The highest BCUT2D eigenvalue weighted by Crippen LogP contribution is 2.53. The molecule has 8 nitrogen and oxygen atoms in total. The SMILES string of the molecule is COc1cccc2c1-c1ccc3c(c1C(c1cccc(OC(=O)N(C)COC=C=O)c1)O2)C(C)=CC(C)(C)N3. The molecule has 1 amide bonds. The number of carbonyl (C=O) groups excluding carboxylic acids is 2. The Balaban J connectivity index is 1.59. The molecule has 5 rings (SSSR count). The number of fused-ring (bicyclic) bond motifs is 5. The molecular formula is C31H30N2O6. The van der Waals surface area contributed by atoms with E-state index < -0.39 is 12.2 Å². The van der Waals surface area contributed by atoms with E-state index in [4.69, 9.17) is 18.9 Å². The van der Waals surface area contributed by atoms with Crippen molar-refractivity contribution in [1.82, 2.24) is 4.90 Å². The zero-order valence-corrected chi connectivity index (χ0v) is 22.5. The zero-order valence-electron chi connectivity index (χ0n) is 22.5. The number of allylic oxidation sites excluding steroid dienone is 1. The van der Waals surface area contributed by atoms with Crippen LogP contribution >= 0.6 is 0 Å². The van der Waals surface area contributed by atoms with Crippen LogP contribution in [-0.2, 0) is 9.53 Å². The number of carbonyl (C=O) groups is 1. The first-order chi connectivity index (χ1) is 18.7. The second-order valence-electron chi connectivity index (χ2n) is 10.1. The molecule has 0 aliphatic carbocycles. The van der Waals surface area contributed by atoms with Crippen LogP contribution in [-0.4, -0.2) is 43.4 Å². The zero-order chi connectivity index (χ0) is 27.7. The number of hydrogen-bond acceptors (Lipinski definition) is 7. The van der Waals surface area contributed by atoms with Crippen LogP contribution in [0.5, 0.6) is 17.2 Å². The molecule has 3 aromatic rings. The largest absolute Gasteiger partial charge is 0.496 e. The van der Waals surface area contributed by atoms with Gasteiger partial charge in [0.2, 0.25) is 0 Å². The molecule has 0 fully saturated rings. The minimum atomic E-state index is -0.630. The van der Waals surface area contributed by atoms with Gasteiger partial charge < -0.3 is 24.3 Å². The van der Waals surface area contributed by atoms with E-state index in [0.717, 1.165) is 51.1 Å². The lowest BCUT2D eigenvalue weighted by Gasteiger charge is -2.37. The topological polar surface area (TPSA) is 86.3 Å². The van der Waals surface area contributed by atoms with Crippen molar-refractivity contribution in [3.63, 3.8) is 0 Å². The smallest absolute Gasteiger partial charge is 0.417 e.